The number of aliphatic hydroxyl groups excluding tert-OH is 1. The summed E-state index contributed by atoms with van der Waals surface area (Å²) in [5, 5.41) is 12.3. The second kappa shape index (κ2) is 6.38. The first-order valence-electron chi connectivity index (χ1n) is 5.33. The summed E-state index contributed by atoms with van der Waals surface area (Å²) < 4.78 is 0.678. The molecule has 0 heterocycles. The molecule has 0 spiro atoms. The van der Waals surface area contributed by atoms with Gasteiger partial charge in [-0.1, -0.05) is 31.5 Å². The quantitative estimate of drug-likeness (QED) is 0.896. The number of carbonyl (C=O) groups excluding carboxylic acids is 1. The maximum atomic E-state index is 12.0. The number of carbonyl (C=O) groups is 1. The van der Waals surface area contributed by atoms with E-state index in [4.69, 9.17) is 16.7 Å². The fourth-order valence-corrected chi connectivity index (χ4v) is 1.93. The van der Waals surface area contributed by atoms with Gasteiger partial charge in [0.25, 0.3) is 5.91 Å². The van der Waals surface area contributed by atoms with Crippen molar-refractivity contribution in [3.63, 3.8) is 0 Å². The van der Waals surface area contributed by atoms with Crippen LogP contribution in [0.15, 0.2) is 22.7 Å². The largest absolute Gasteiger partial charge is 0.394 e. The standard InChI is InChI=1S/C12H15BrClNO2/c1-7(2)10(6-16)15-12(17)8-4-3-5-9(13)11(8)14/h3-5,7,10,16H,6H2,1-2H3,(H,15,17). The van der Waals surface area contributed by atoms with Crippen molar-refractivity contribution in [3.05, 3.63) is 33.3 Å². The Balaban J connectivity index is 2.86. The van der Waals surface area contributed by atoms with E-state index in [1.807, 2.05) is 13.8 Å². The van der Waals surface area contributed by atoms with E-state index < -0.39 is 0 Å². The van der Waals surface area contributed by atoms with E-state index >= 15 is 0 Å². The SMILES string of the molecule is CC(C)C(CO)NC(=O)c1cccc(Br)c1Cl. The first kappa shape index (κ1) is 14.5. The molecule has 0 aliphatic rings. The van der Waals surface area contributed by atoms with Gasteiger partial charge in [-0.3, -0.25) is 4.79 Å². The summed E-state index contributed by atoms with van der Waals surface area (Å²) in [5.41, 5.74) is 0.403. The smallest absolute Gasteiger partial charge is 0.253 e. The van der Waals surface area contributed by atoms with Crippen molar-refractivity contribution in [1.82, 2.24) is 5.32 Å². The molecule has 0 radical (unpaired) electrons. The highest BCUT2D eigenvalue weighted by molar-refractivity contribution is 9.10. The van der Waals surface area contributed by atoms with Crippen LogP contribution in [-0.2, 0) is 0 Å². The molecule has 5 heteroatoms. The van der Waals surface area contributed by atoms with E-state index in [-0.39, 0.29) is 24.5 Å². The molecule has 0 aliphatic heterocycles. The topological polar surface area (TPSA) is 49.3 Å². The zero-order chi connectivity index (χ0) is 13.0. The minimum absolute atomic E-state index is 0.0883. The monoisotopic (exact) mass is 319 g/mol. The number of hydrogen-bond donors (Lipinski definition) is 2. The molecule has 0 saturated heterocycles. The van der Waals surface area contributed by atoms with Crippen LogP contribution in [0.25, 0.3) is 0 Å². The van der Waals surface area contributed by atoms with E-state index in [0.717, 1.165) is 0 Å². The van der Waals surface area contributed by atoms with Crippen LogP contribution >= 0.6 is 27.5 Å². The Hall–Kier alpha value is -0.580. The summed E-state index contributed by atoms with van der Waals surface area (Å²) >= 11 is 9.29. The minimum atomic E-state index is -0.274. The lowest BCUT2D eigenvalue weighted by Gasteiger charge is -2.20. The summed E-state index contributed by atoms with van der Waals surface area (Å²) in [7, 11) is 0. The Morgan fingerprint density at radius 3 is 2.71 bits per heavy atom. The van der Waals surface area contributed by atoms with Gasteiger partial charge in [-0.05, 0) is 34.0 Å². The van der Waals surface area contributed by atoms with Crippen LogP contribution < -0.4 is 5.32 Å². The zero-order valence-electron chi connectivity index (χ0n) is 9.71. The van der Waals surface area contributed by atoms with Crippen LogP contribution in [0.5, 0.6) is 0 Å². The van der Waals surface area contributed by atoms with Gasteiger partial charge in [0, 0.05) is 4.47 Å². The van der Waals surface area contributed by atoms with Crippen molar-refractivity contribution >= 4 is 33.4 Å². The van der Waals surface area contributed by atoms with Gasteiger partial charge in [-0.2, -0.15) is 0 Å². The highest BCUT2D eigenvalue weighted by Crippen LogP contribution is 2.26. The van der Waals surface area contributed by atoms with Gasteiger partial charge in [-0.25, -0.2) is 0 Å². The van der Waals surface area contributed by atoms with Crippen LogP contribution in [0, 0.1) is 5.92 Å². The molecule has 0 bridgehead atoms. The molecule has 1 rings (SSSR count). The fraction of sp³-hybridized carbons (Fsp3) is 0.417. The Kier molecular flexibility index (Phi) is 5.43. The molecule has 0 saturated carbocycles. The average Bonchev–Trinajstić information content (AvgIpc) is 2.28. The molecule has 17 heavy (non-hydrogen) atoms. The third-order valence-electron chi connectivity index (χ3n) is 2.51. The predicted molar refractivity (Wildman–Crippen MR) is 72.3 cm³/mol. The number of nitrogens with one attached hydrogen (secondary N) is 1. The maximum absolute atomic E-state index is 12.0. The van der Waals surface area contributed by atoms with E-state index in [1.165, 1.54) is 0 Å². The van der Waals surface area contributed by atoms with Gasteiger partial charge >= 0.3 is 0 Å². The van der Waals surface area contributed by atoms with Crippen LogP contribution in [0.3, 0.4) is 0 Å². The molecule has 1 unspecified atom stereocenters. The lowest BCUT2D eigenvalue weighted by atomic mass is 10.0. The first-order chi connectivity index (χ1) is 7.97. The maximum Gasteiger partial charge on any atom is 0.253 e. The van der Waals surface area contributed by atoms with E-state index in [2.05, 4.69) is 21.2 Å². The van der Waals surface area contributed by atoms with Crippen molar-refractivity contribution in [1.29, 1.82) is 0 Å². The van der Waals surface area contributed by atoms with Gasteiger partial charge in [0.05, 0.1) is 23.2 Å². The Morgan fingerprint density at radius 2 is 2.18 bits per heavy atom. The molecular weight excluding hydrogens is 305 g/mol. The number of amides is 1. The van der Waals surface area contributed by atoms with Crippen LogP contribution in [0.4, 0.5) is 0 Å². The second-order valence-corrected chi connectivity index (χ2v) is 5.34. The normalized spacial score (nSPS) is 12.6. The average molecular weight is 321 g/mol. The number of hydrogen-bond acceptors (Lipinski definition) is 2. The Morgan fingerprint density at radius 1 is 1.53 bits per heavy atom. The number of halogens is 2. The molecule has 3 nitrogen and oxygen atoms in total. The van der Waals surface area contributed by atoms with Crippen LogP contribution in [0.1, 0.15) is 24.2 Å². The molecule has 1 atom stereocenters. The first-order valence-corrected chi connectivity index (χ1v) is 6.50. The Labute approximate surface area is 114 Å². The molecule has 94 valence electrons. The summed E-state index contributed by atoms with van der Waals surface area (Å²) in [4.78, 5) is 12.0. The molecule has 1 aromatic carbocycles. The van der Waals surface area contributed by atoms with E-state index in [0.29, 0.717) is 15.1 Å². The highest BCUT2D eigenvalue weighted by atomic mass is 79.9. The molecule has 0 aromatic heterocycles. The lowest BCUT2D eigenvalue weighted by molar-refractivity contribution is 0.0897. The molecule has 2 N–H and O–H groups in total. The summed E-state index contributed by atoms with van der Waals surface area (Å²) in [5.74, 6) is -0.112. The van der Waals surface area contributed by atoms with Gasteiger partial charge in [0.15, 0.2) is 0 Å². The van der Waals surface area contributed by atoms with Crippen molar-refractivity contribution in [2.45, 2.75) is 19.9 Å². The van der Waals surface area contributed by atoms with Crippen LogP contribution in [-0.4, -0.2) is 23.7 Å². The van der Waals surface area contributed by atoms with Crippen molar-refractivity contribution in [2.75, 3.05) is 6.61 Å². The lowest BCUT2D eigenvalue weighted by Crippen LogP contribution is -2.41. The number of aliphatic hydroxyl groups is 1. The number of rotatable bonds is 4. The zero-order valence-corrected chi connectivity index (χ0v) is 12.0. The van der Waals surface area contributed by atoms with Crippen molar-refractivity contribution < 1.29 is 9.90 Å². The third kappa shape index (κ3) is 3.69. The summed E-state index contributed by atoms with van der Waals surface area (Å²) in [6, 6.07) is 4.90. The number of benzene rings is 1. The molecule has 1 aromatic rings. The van der Waals surface area contributed by atoms with Crippen molar-refractivity contribution in [2.24, 2.45) is 5.92 Å². The Bertz CT molecular complexity index is 409. The third-order valence-corrected chi connectivity index (χ3v) is 3.81. The van der Waals surface area contributed by atoms with Crippen LogP contribution in [0.2, 0.25) is 5.02 Å². The molecule has 0 aliphatic carbocycles. The van der Waals surface area contributed by atoms with Gasteiger partial charge in [0.2, 0.25) is 0 Å². The predicted octanol–water partition coefficient (Wildman–Crippen LogP) is 2.85. The van der Waals surface area contributed by atoms with Gasteiger partial charge in [0.1, 0.15) is 0 Å². The molecular formula is C12H15BrClNO2. The van der Waals surface area contributed by atoms with E-state index in [1.54, 1.807) is 18.2 Å². The minimum Gasteiger partial charge on any atom is -0.394 e. The van der Waals surface area contributed by atoms with Gasteiger partial charge < -0.3 is 10.4 Å². The highest BCUT2D eigenvalue weighted by Gasteiger charge is 2.18. The molecule has 0 fully saturated rings. The molecule has 1 amide bonds. The van der Waals surface area contributed by atoms with Gasteiger partial charge in [-0.15, -0.1) is 0 Å². The van der Waals surface area contributed by atoms with Crippen molar-refractivity contribution in [3.8, 4) is 0 Å². The van der Waals surface area contributed by atoms with E-state index in [9.17, 15) is 4.79 Å². The summed E-state index contributed by atoms with van der Waals surface area (Å²) in [6.45, 7) is 3.78. The summed E-state index contributed by atoms with van der Waals surface area (Å²) in [6.07, 6.45) is 0. The fourth-order valence-electron chi connectivity index (χ4n) is 1.35. The second-order valence-electron chi connectivity index (χ2n) is 4.11.